The molecule has 2 N–H and O–H groups in total. The number of nitrogen functional groups attached to an aromatic ring is 1. The summed E-state index contributed by atoms with van der Waals surface area (Å²) in [4.78, 5) is 5.34. The van der Waals surface area contributed by atoms with Gasteiger partial charge in [0, 0.05) is 44.5 Å². The van der Waals surface area contributed by atoms with Gasteiger partial charge in [-0.15, -0.1) is 0 Å². The maximum Gasteiger partial charge on any atom is 0.0314 e. The van der Waals surface area contributed by atoms with Crippen LogP contribution >= 0.6 is 0 Å². The molecule has 1 aliphatic carbocycles. The molecule has 0 aromatic heterocycles. The minimum Gasteiger partial charge on any atom is -0.399 e. The van der Waals surface area contributed by atoms with E-state index in [4.69, 9.17) is 5.73 Å². The van der Waals surface area contributed by atoms with Crippen LogP contribution in [0.25, 0.3) is 0 Å². The largest absolute Gasteiger partial charge is 0.399 e. The molecule has 1 saturated heterocycles. The lowest BCUT2D eigenvalue weighted by Gasteiger charge is -2.38. The second-order valence-corrected chi connectivity index (χ2v) is 6.31. The van der Waals surface area contributed by atoms with Crippen LogP contribution in [0.15, 0.2) is 24.3 Å². The first-order valence-electron chi connectivity index (χ1n) is 8.12. The van der Waals surface area contributed by atoms with E-state index in [1.54, 1.807) is 0 Å². The lowest BCUT2D eigenvalue weighted by molar-refractivity contribution is 0.0987. The summed E-state index contributed by atoms with van der Waals surface area (Å²) in [6.45, 7) is 6.21. The van der Waals surface area contributed by atoms with Crippen LogP contribution < -0.4 is 5.73 Å². The van der Waals surface area contributed by atoms with Crippen molar-refractivity contribution in [2.75, 3.05) is 38.5 Å². The summed E-state index contributed by atoms with van der Waals surface area (Å²) < 4.78 is 0. The molecule has 0 atom stereocenters. The molecule has 1 aromatic rings. The molecule has 20 heavy (non-hydrogen) atoms. The van der Waals surface area contributed by atoms with Crippen molar-refractivity contribution in [2.24, 2.45) is 0 Å². The Hall–Kier alpha value is -1.06. The van der Waals surface area contributed by atoms with Gasteiger partial charge in [-0.3, -0.25) is 4.90 Å². The molecule has 3 rings (SSSR count). The third kappa shape index (κ3) is 3.53. The Morgan fingerprint density at radius 2 is 1.60 bits per heavy atom. The summed E-state index contributed by atoms with van der Waals surface area (Å²) in [5.41, 5.74) is 7.99. The van der Waals surface area contributed by atoms with Crippen LogP contribution in [0.1, 0.15) is 31.2 Å². The molecule has 110 valence electrons. The van der Waals surface area contributed by atoms with Crippen LogP contribution in [0, 0.1) is 0 Å². The Kier molecular flexibility index (Phi) is 4.58. The first-order valence-corrected chi connectivity index (χ1v) is 8.12. The van der Waals surface area contributed by atoms with Crippen LogP contribution in [-0.4, -0.2) is 48.6 Å². The molecule has 0 bridgehead atoms. The zero-order chi connectivity index (χ0) is 13.8. The molecule has 0 amide bonds. The Balaban J connectivity index is 1.41. The molecule has 2 fully saturated rings. The summed E-state index contributed by atoms with van der Waals surface area (Å²) in [5, 5.41) is 0. The van der Waals surface area contributed by atoms with E-state index in [9.17, 15) is 0 Å². The predicted octanol–water partition coefficient (Wildman–Crippen LogP) is 2.37. The number of rotatable bonds is 4. The highest BCUT2D eigenvalue weighted by molar-refractivity contribution is 5.39. The second-order valence-electron chi connectivity index (χ2n) is 6.31. The molecule has 2 aliphatic rings. The van der Waals surface area contributed by atoms with Crippen LogP contribution in [0.2, 0.25) is 0 Å². The number of nitrogens with two attached hydrogens (primary N) is 1. The van der Waals surface area contributed by atoms with Gasteiger partial charge < -0.3 is 10.6 Å². The fourth-order valence-electron chi connectivity index (χ4n) is 3.59. The van der Waals surface area contributed by atoms with Gasteiger partial charge in [-0.2, -0.15) is 0 Å². The van der Waals surface area contributed by atoms with E-state index in [0.717, 1.165) is 18.2 Å². The molecule has 1 saturated carbocycles. The number of nitrogens with zero attached hydrogens (tertiary/aromatic N) is 2. The number of hydrogen-bond donors (Lipinski definition) is 1. The lowest BCUT2D eigenvalue weighted by atomic mass is 10.1. The summed E-state index contributed by atoms with van der Waals surface area (Å²) in [6.07, 6.45) is 6.91. The van der Waals surface area contributed by atoms with Crippen LogP contribution in [0.4, 0.5) is 5.69 Å². The first kappa shape index (κ1) is 13.9. The Labute approximate surface area is 122 Å². The average Bonchev–Trinajstić information content (AvgIpc) is 3.01. The van der Waals surface area contributed by atoms with Crippen molar-refractivity contribution in [3.05, 3.63) is 29.8 Å². The van der Waals surface area contributed by atoms with Crippen LogP contribution in [0.3, 0.4) is 0 Å². The predicted molar refractivity (Wildman–Crippen MR) is 84.8 cm³/mol. The smallest absolute Gasteiger partial charge is 0.0314 e. The van der Waals surface area contributed by atoms with Gasteiger partial charge in [-0.05, 0) is 37.0 Å². The van der Waals surface area contributed by atoms with E-state index < -0.39 is 0 Å². The topological polar surface area (TPSA) is 32.5 Å². The van der Waals surface area contributed by atoms with Crippen molar-refractivity contribution >= 4 is 5.69 Å². The van der Waals surface area contributed by atoms with Gasteiger partial charge >= 0.3 is 0 Å². The molecule has 3 nitrogen and oxygen atoms in total. The highest BCUT2D eigenvalue weighted by atomic mass is 15.3. The third-order valence-corrected chi connectivity index (χ3v) is 4.94. The third-order valence-electron chi connectivity index (χ3n) is 4.94. The van der Waals surface area contributed by atoms with Crippen molar-refractivity contribution < 1.29 is 0 Å². The van der Waals surface area contributed by atoms with Gasteiger partial charge in [-0.25, -0.2) is 0 Å². The summed E-state index contributed by atoms with van der Waals surface area (Å²) in [5.74, 6) is 0. The van der Waals surface area contributed by atoms with Crippen molar-refractivity contribution in [1.29, 1.82) is 0 Å². The fourth-order valence-corrected chi connectivity index (χ4v) is 3.59. The fraction of sp³-hybridized carbons (Fsp3) is 0.647. The molecule has 3 heteroatoms. The highest BCUT2D eigenvalue weighted by Crippen LogP contribution is 2.24. The van der Waals surface area contributed by atoms with Gasteiger partial charge in [0.05, 0.1) is 0 Å². The van der Waals surface area contributed by atoms with Crippen LogP contribution in [0.5, 0.6) is 0 Å². The normalized spacial score (nSPS) is 22.4. The Morgan fingerprint density at radius 3 is 2.25 bits per heavy atom. The van der Waals surface area contributed by atoms with E-state index in [-0.39, 0.29) is 0 Å². The van der Waals surface area contributed by atoms with Crippen molar-refractivity contribution in [3.63, 3.8) is 0 Å². The molecule has 0 spiro atoms. The van der Waals surface area contributed by atoms with E-state index in [1.165, 1.54) is 64.0 Å². The zero-order valence-electron chi connectivity index (χ0n) is 12.4. The second kappa shape index (κ2) is 6.59. The lowest BCUT2D eigenvalue weighted by Crippen LogP contribution is -2.50. The standard InChI is InChI=1S/C17H27N3/c18-16-7-5-15(6-8-16)9-10-19-11-13-20(14-12-19)17-3-1-2-4-17/h5-8,17H,1-4,9-14,18H2. The number of benzene rings is 1. The quantitative estimate of drug-likeness (QED) is 0.855. The van der Waals surface area contributed by atoms with Gasteiger partial charge in [0.1, 0.15) is 0 Å². The zero-order valence-corrected chi connectivity index (χ0v) is 12.4. The maximum absolute atomic E-state index is 5.72. The van der Waals surface area contributed by atoms with Gasteiger partial charge in [0.15, 0.2) is 0 Å². The van der Waals surface area contributed by atoms with E-state index in [1.807, 2.05) is 12.1 Å². The van der Waals surface area contributed by atoms with E-state index >= 15 is 0 Å². The Bertz CT molecular complexity index is 401. The minimum atomic E-state index is 0.860. The molecule has 1 aliphatic heterocycles. The highest BCUT2D eigenvalue weighted by Gasteiger charge is 2.25. The monoisotopic (exact) mass is 273 g/mol. The SMILES string of the molecule is Nc1ccc(CCN2CCN(C3CCCC3)CC2)cc1. The van der Waals surface area contributed by atoms with E-state index in [0.29, 0.717) is 0 Å². The average molecular weight is 273 g/mol. The minimum absolute atomic E-state index is 0.860. The summed E-state index contributed by atoms with van der Waals surface area (Å²) in [7, 11) is 0. The summed E-state index contributed by atoms with van der Waals surface area (Å²) >= 11 is 0. The number of piperazine rings is 1. The molecule has 1 heterocycles. The number of anilines is 1. The molecular weight excluding hydrogens is 246 g/mol. The van der Waals surface area contributed by atoms with Crippen molar-refractivity contribution in [3.8, 4) is 0 Å². The van der Waals surface area contributed by atoms with Crippen molar-refractivity contribution in [1.82, 2.24) is 9.80 Å². The van der Waals surface area contributed by atoms with Gasteiger partial charge in [-0.1, -0.05) is 25.0 Å². The van der Waals surface area contributed by atoms with Gasteiger partial charge in [0.2, 0.25) is 0 Å². The summed E-state index contributed by atoms with van der Waals surface area (Å²) in [6, 6.07) is 9.23. The Morgan fingerprint density at radius 1 is 0.950 bits per heavy atom. The first-order chi connectivity index (χ1) is 9.81. The number of hydrogen-bond acceptors (Lipinski definition) is 3. The maximum atomic E-state index is 5.72. The van der Waals surface area contributed by atoms with Crippen molar-refractivity contribution in [2.45, 2.75) is 38.1 Å². The molecular formula is C17H27N3. The molecule has 1 aromatic carbocycles. The van der Waals surface area contributed by atoms with E-state index in [2.05, 4.69) is 21.9 Å². The van der Waals surface area contributed by atoms with Gasteiger partial charge in [0.25, 0.3) is 0 Å². The van der Waals surface area contributed by atoms with Crippen LogP contribution in [-0.2, 0) is 6.42 Å². The molecule has 0 unspecified atom stereocenters. The molecule has 0 radical (unpaired) electrons.